The van der Waals surface area contributed by atoms with Gasteiger partial charge in [0.15, 0.2) is 0 Å². The van der Waals surface area contributed by atoms with E-state index in [-0.39, 0.29) is 6.61 Å². The summed E-state index contributed by atoms with van der Waals surface area (Å²) in [5.41, 5.74) is 3.59. The quantitative estimate of drug-likeness (QED) is 0.363. The molecule has 3 aromatic carbocycles. The van der Waals surface area contributed by atoms with Crippen LogP contribution in [0.3, 0.4) is 0 Å². The van der Waals surface area contributed by atoms with Crippen molar-refractivity contribution in [3.05, 3.63) is 114 Å². The SMILES string of the molecule is O=C(OCc1ccccc1)/C(=C/c1ccccc1)c1cnnn1-c1ccccc1. The number of carbonyl (C=O) groups is 1. The second-order valence-electron chi connectivity index (χ2n) is 6.40. The molecule has 0 spiro atoms. The lowest BCUT2D eigenvalue weighted by molar-refractivity contribution is -0.137. The summed E-state index contributed by atoms with van der Waals surface area (Å²) in [6.07, 6.45) is 3.37. The molecule has 0 N–H and O–H groups in total. The van der Waals surface area contributed by atoms with Crippen molar-refractivity contribution >= 4 is 17.6 Å². The number of carbonyl (C=O) groups excluding carboxylic acids is 1. The van der Waals surface area contributed by atoms with Gasteiger partial charge in [-0.2, -0.15) is 0 Å². The predicted octanol–water partition coefficient (Wildman–Crippen LogP) is 4.55. The van der Waals surface area contributed by atoms with Gasteiger partial charge < -0.3 is 4.74 Å². The molecule has 0 radical (unpaired) electrons. The first-order valence-corrected chi connectivity index (χ1v) is 9.25. The van der Waals surface area contributed by atoms with Crippen molar-refractivity contribution in [3.8, 4) is 5.69 Å². The normalized spacial score (nSPS) is 11.2. The summed E-state index contributed by atoms with van der Waals surface area (Å²) in [6, 6.07) is 28.8. The molecule has 0 bridgehead atoms. The maximum absolute atomic E-state index is 13.0. The minimum Gasteiger partial charge on any atom is -0.457 e. The highest BCUT2D eigenvalue weighted by molar-refractivity contribution is 6.21. The summed E-state index contributed by atoms with van der Waals surface area (Å²) in [6.45, 7) is 0.193. The van der Waals surface area contributed by atoms with E-state index in [9.17, 15) is 4.79 Å². The average molecular weight is 381 g/mol. The number of aromatic nitrogens is 3. The molecule has 0 fully saturated rings. The molecule has 0 atom stereocenters. The van der Waals surface area contributed by atoms with Crippen LogP contribution in [0.2, 0.25) is 0 Å². The van der Waals surface area contributed by atoms with E-state index in [0.29, 0.717) is 11.3 Å². The third kappa shape index (κ3) is 4.47. The second kappa shape index (κ2) is 8.80. The van der Waals surface area contributed by atoms with Gasteiger partial charge in [0.25, 0.3) is 0 Å². The lowest BCUT2D eigenvalue weighted by Crippen LogP contribution is -2.11. The highest BCUT2D eigenvalue weighted by Crippen LogP contribution is 2.22. The van der Waals surface area contributed by atoms with Gasteiger partial charge in [-0.1, -0.05) is 84.1 Å². The molecule has 5 heteroatoms. The van der Waals surface area contributed by atoms with Gasteiger partial charge in [0.05, 0.1) is 17.5 Å². The van der Waals surface area contributed by atoms with Crippen molar-refractivity contribution in [1.29, 1.82) is 0 Å². The Morgan fingerprint density at radius 2 is 1.48 bits per heavy atom. The van der Waals surface area contributed by atoms with Crippen molar-refractivity contribution in [2.75, 3.05) is 0 Å². The number of esters is 1. The fourth-order valence-corrected chi connectivity index (χ4v) is 2.93. The van der Waals surface area contributed by atoms with Crippen molar-refractivity contribution in [3.63, 3.8) is 0 Å². The monoisotopic (exact) mass is 381 g/mol. The fraction of sp³-hybridized carbons (Fsp3) is 0.0417. The molecule has 0 aliphatic rings. The van der Waals surface area contributed by atoms with Gasteiger partial charge in [-0.3, -0.25) is 0 Å². The van der Waals surface area contributed by atoms with Crippen molar-refractivity contribution in [2.24, 2.45) is 0 Å². The van der Waals surface area contributed by atoms with Crippen molar-refractivity contribution in [1.82, 2.24) is 15.0 Å². The zero-order valence-corrected chi connectivity index (χ0v) is 15.7. The zero-order chi connectivity index (χ0) is 19.9. The molecule has 5 nitrogen and oxygen atoms in total. The fourth-order valence-electron chi connectivity index (χ4n) is 2.93. The molecule has 1 aromatic heterocycles. The molecule has 142 valence electrons. The number of rotatable bonds is 6. The van der Waals surface area contributed by atoms with Crippen molar-refractivity contribution in [2.45, 2.75) is 6.61 Å². The summed E-state index contributed by atoms with van der Waals surface area (Å²) in [5, 5.41) is 8.19. The largest absolute Gasteiger partial charge is 0.457 e. The highest BCUT2D eigenvalue weighted by atomic mass is 16.5. The molecular weight excluding hydrogens is 362 g/mol. The molecular formula is C24H19N3O2. The molecule has 4 aromatic rings. The number of benzene rings is 3. The smallest absolute Gasteiger partial charge is 0.340 e. The summed E-state index contributed by atoms with van der Waals surface area (Å²) in [5.74, 6) is -0.433. The third-order valence-electron chi connectivity index (χ3n) is 4.37. The van der Waals surface area contributed by atoms with Crippen LogP contribution < -0.4 is 0 Å². The van der Waals surface area contributed by atoms with E-state index < -0.39 is 5.97 Å². The van der Waals surface area contributed by atoms with Crippen LogP contribution >= 0.6 is 0 Å². The minimum atomic E-state index is -0.433. The van der Waals surface area contributed by atoms with Crippen LogP contribution in [0.1, 0.15) is 16.8 Å². The van der Waals surface area contributed by atoms with E-state index in [2.05, 4.69) is 10.3 Å². The van der Waals surface area contributed by atoms with Crippen LogP contribution in [0.5, 0.6) is 0 Å². The maximum Gasteiger partial charge on any atom is 0.340 e. The van der Waals surface area contributed by atoms with Gasteiger partial charge in [0.2, 0.25) is 0 Å². The average Bonchev–Trinajstić information content (AvgIpc) is 3.27. The molecule has 0 amide bonds. The van der Waals surface area contributed by atoms with E-state index in [1.807, 2.05) is 91.0 Å². The number of hydrogen-bond donors (Lipinski definition) is 0. The molecule has 0 aliphatic carbocycles. The van der Waals surface area contributed by atoms with Gasteiger partial charge >= 0.3 is 5.97 Å². The van der Waals surface area contributed by atoms with Gasteiger partial charge in [-0.15, -0.1) is 5.10 Å². The van der Waals surface area contributed by atoms with Crippen LogP contribution in [0, 0.1) is 0 Å². The third-order valence-corrected chi connectivity index (χ3v) is 4.37. The minimum absolute atomic E-state index is 0.193. The summed E-state index contributed by atoms with van der Waals surface area (Å²) >= 11 is 0. The zero-order valence-electron chi connectivity index (χ0n) is 15.7. The van der Waals surface area contributed by atoms with E-state index in [4.69, 9.17) is 4.74 Å². The Morgan fingerprint density at radius 1 is 0.862 bits per heavy atom. The van der Waals surface area contributed by atoms with Gasteiger partial charge in [0, 0.05) is 0 Å². The van der Waals surface area contributed by atoms with Crippen molar-refractivity contribution < 1.29 is 9.53 Å². The molecule has 0 saturated carbocycles. The Kier molecular flexibility index (Phi) is 5.58. The lowest BCUT2D eigenvalue weighted by Gasteiger charge is -2.11. The Morgan fingerprint density at radius 3 is 2.17 bits per heavy atom. The van der Waals surface area contributed by atoms with Gasteiger partial charge in [0.1, 0.15) is 12.3 Å². The van der Waals surface area contributed by atoms with Gasteiger partial charge in [-0.05, 0) is 29.3 Å². The highest BCUT2D eigenvalue weighted by Gasteiger charge is 2.20. The van der Waals surface area contributed by atoms with E-state index in [1.54, 1.807) is 17.0 Å². The lowest BCUT2D eigenvalue weighted by atomic mass is 10.1. The number of para-hydroxylation sites is 1. The van der Waals surface area contributed by atoms with E-state index in [1.165, 1.54) is 0 Å². The van der Waals surface area contributed by atoms with Crippen LogP contribution in [-0.2, 0) is 16.1 Å². The number of hydrogen-bond acceptors (Lipinski definition) is 4. The number of nitrogens with zero attached hydrogens (tertiary/aromatic N) is 3. The summed E-state index contributed by atoms with van der Waals surface area (Å²) in [4.78, 5) is 13.0. The Hall–Kier alpha value is -3.99. The molecule has 1 heterocycles. The second-order valence-corrected chi connectivity index (χ2v) is 6.40. The Labute approximate surface area is 168 Å². The summed E-state index contributed by atoms with van der Waals surface area (Å²) in [7, 11) is 0. The molecule has 4 rings (SSSR count). The number of ether oxygens (including phenoxy) is 1. The topological polar surface area (TPSA) is 57.0 Å². The predicted molar refractivity (Wildman–Crippen MR) is 112 cm³/mol. The first-order valence-electron chi connectivity index (χ1n) is 9.25. The first-order chi connectivity index (χ1) is 14.3. The molecule has 0 unspecified atom stereocenters. The Balaban J connectivity index is 1.70. The first kappa shape index (κ1) is 18.4. The van der Waals surface area contributed by atoms with Crippen LogP contribution in [0.25, 0.3) is 17.3 Å². The molecule has 0 saturated heterocycles. The Bertz CT molecular complexity index is 1100. The summed E-state index contributed by atoms with van der Waals surface area (Å²) < 4.78 is 7.24. The molecule has 0 aliphatic heterocycles. The standard InChI is InChI=1S/C24H19N3O2/c28-24(29-18-20-12-6-2-7-13-20)22(16-19-10-4-1-5-11-19)23-17-25-26-27(23)21-14-8-3-9-15-21/h1-17H,18H2/b22-16+. The van der Waals surface area contributed by atoms with Crippen LogP contribution in [-0.4, -0.2) is 21.0 Å². The van der Waals surface area contributed by atoms with E-state index in [0.717, 1.165) is 16.8 Å². The van der Waals surface area contributed by atoms with Crippen LogP contribution in [0.4, 0.5) is 0 Å². The molecule has 29 heavy (non-hydrogen) atoms. The maximum atomic E-state index is 13.0. The van der Waals surface area contributed by atoms with E-state index >= 15 is 0 Å². The van der Waals surface area contributed by atoms with Crippen LogP contribution in [0.15, 0.2) is 97.2 Å². The van der Waals surface area contributed by atoms with Gasteiger partial charge in [-0.25, -0.2) is 9.48 Å².